The van der Waals surface area contributed by atoms with E-state index in [-0.39, 0.29) is 0 Å². The molecule has 0 radical (unpaired) electrons. The lowest BCUT2D eigenvalue weighted by Gasteiger charge is -2.31. The van der Waals surface area contributed by atoms with Crippen molar-refractivity contribution in [2.45, 2.75) is 51.4 Å². The second-order valence-corrected chi connectivity index (χ2v) is 23.1. The van der Waals surface area contributed by atoms with Crippen LogP contribution in [-0.4, -0.2) is 0 Å². The van der Waals surface area contributed by atoms with Crippen molar-refractivity contribution in [2.75, 3.05) is 9.80 Å². The van der Waals surface area contributed by atoms with E-state index in [1.54, 1.807) is 0 Å². The summed E-state index contributed by atoms with van der Waals surface area (Å²) in [7, 11) is 0. The van der Waals surface area contributed by atoms with Crippen LogP contribution in [0.15, 0.2) is 248 Å². The molecule has 6 heteroatoms. The van der Waals surface area contributed by atoms with E-state index in [0.717, 1.165) is 158 Å². The molecule has 0 N–H and O–H groups in total. The number of benzene rings is 12. The molecule has 0 amide bonds. The summed E-state index contributed by atoms with van der Waals surface area (Å²) in [6, 6.07) is 83.4. The van der Waals surface area contributed by atoms with Gasteiger partial charge in [0.2, 0.25) is 0 Å². The molecule has 4 aromatic heterocycles. The van der Waals surface area contributed by atoms with Gasteiger partial charge in [0, 0.05) is 66.3 Å². The Hall–Kier alpha value is -10.3. The summed E-state index contributed by atoms with van der Waals surface area (Å²) in [6.45, 7) is 0. The Morgan fingerprint density at radius 1 is 0.262 bits per heavy atom. The lowest BCUT2D eigenvalue weighted by atomic mass is 9.84. The van der Waals surface area contributed by atoms with E-state index in [2.05, 4.69) is 228 Å². The minimum Gasteiger partial charge on any atom is -0.456 e. The molecule has 0 saturated carbocycles. The molecule has 0 fully saturated rings. The van der Waals surface area contributed by atoms with Crippen molar-refractivity contribution in [1.29, 1.82) is 0 Å². The average Bonchev–Trinajstić information content (AvgIpc) is 4.29. The predicted molar refractivity (Wildman–Crippen MR) is 347 cm³/mol. The summed E-state index contributed by atoms with van der Waals surface area (Å²) in [4.78, 5) is 4.81. The van der Waals surface area contributed by atoms with Gasteiger partial charge < -0.3 is 27.5 Å². The third-order valence-electron chi connectivity index (χ3n) is 18.4. The zero-order chi connectivity index (χ0) is 55.0. The standard InChI is InChI=1S/C78H54N2O4/c1-3-19-49(20-4-1)75-55-23-9-7-17-47(55)33-39-65(75)79(67-29-15-27-61-57-25-11-13-31-69(57)83-77(61)67)53-35-37-59-63-41-51-44-72-64(42-52(51)43-71(63)81-73(59)45-53)60-38-36-54(46-74(60)82-72)80(68-30-16-28-62-58-26-12-14-32-70(58)84-78(62)68)66-40-34-48-18-8-10-24-56(48)76(66)50-21-5-2-6-22-50/h1-6,11-16,19-22,25-46H,7-10,17-18,23-24H2. The smallest absolute Gasteiger partial charge is 0.159 e. The summed E-state index contributed by atoms with van der Waals surface area (Å²) in [5.41, 5.74) is 23.6. The van der Waals surface area contributed by atoms with Crippen LogP contribution in [-0.2, 0) is 25.7 Å². The SMILES string of the molecule is c1ccc(-c2c(N(c3ccc4c(c3)oc3cc5cc6c(cc5cc34)oc3cc(N(c4ccc5c(c4-c4ccccc4)CCCC5)c4cccc5c4oc4ccccc45)ccc36)c3cccc4c3oc3ccccc34)ccc3c2CCCC3)cc1. The molecule has 400 valence electrons. The van der Waals surface area contributed by atoms with E-state index < -0.39 is 0 Å². The van der Waals surface area contributed by atoms with Gasteiger partial charge in [-0.05, 0) is 180 Å². The molecule has 0 saturated heterocycles. The van der Waals surface area contributed by atoms with Gasteiger partial charge in [0.15, 0.2) is 11.2 Å². The molecule has 2 aliphatic carbocycles. The molecule has 4 heterocycles. The second kappa shape index (κ2) is 18.6. The predicted octanol–water partition coefficient (Wildman–Crippen LogP) is 22.5. The molecule has 2 aliphatic rings. The Morgan fingerprint density at radius 3 is 1.14 bits per heavy atom. The number of furan rings is 4. The normalized spacial score (nSPS) is 13.6. The third kappa shape index (κ3) is 7.29. The molecule has 6 nitrogen and oxygen atoms in total. The first-order valence-electron chi connectivity index (χ1n) is 29.7. The molecule has 0 aliphatic heterocycles. The van der Waals surface area contributed by atoms with E-state index in [1.807, 2.05) is 12.1 Å². The van der Waals surface area contributed by atoms with Crippen molar-refractivity contribution in [3.63, 3.8) is 0 Å². The van der Waals surface area contributed by atoms with Gasteiger partial charge in [-0.1, -0.05) is 133 Å². The van der Waals surface area contributed by atoms with Gasteiger partial charge in [0.05, 0.1) is 34.1 Å². The van der Waals surface area contributed by atoms with Crippen LogP contribution in [0.25, 0.3) is 121 Å². The molecule has 0 bridgehead atoms. The van der Waals surface area contributed by atoms with Gasteiger partial charge in [0.1, 0.15) is 33.5 Å². The van der Waals surface area contributed by atoms with Crippen LogP contribution >= 0.6 is 0 Å². The molecular weight excluding hydrogens is 1030 g/mol. The van der Waals surface area contributed by atoms with Crippen LogP contribution < -0.4 is 9.80 Å². The highest BCUT2D eigenvalue weighted by Crippen LogP contribution is 2.52. The average molecular weight is 1080 g/mol. The van der Waals surface area contributed by atoms with E-state index in [4.69, 9.17) is 17.7 Å². The monoisotopic (exact) mass is 1080 g/mol. The van der Waals surface area contributed by atoms with Crippen molar-refractivity contribution in [2.24, 2.45) is 0 Å². The van der Waals surface area contributed by atoms with Crippen LogP contribution in [0.1, 0.15) is 47.9 Å². The minimum absolute atomic E-state index is 0.817. The van der Waals surface area contributed by atoms with Gasteiger partial charge in [-0.2, -0.15) is 0 Å². The Kier molecular flexibility index (Phi) is 10.5. The van der Waals surface area contributed by atoms with Crippen LogP contribution in [0.2, 0.25) is 0 Å². The zero-order valence-corrected chi connectivity index (χ0v) is 46.1. The molecule has 18 rings (SSSR count). The number of fused-ring (bicyclic) bond motifs is 15. The fourth-order valence-corrected chi connectivity index (χ4v) is 14.5. The van der Waals surface area contributed by atoms with Crippen molar-refractivity contribution in [1.82, 2.24) is 0 Å². The molecule has 84 heavy (non-hydrogen) atoms. The Labute approximate surface area is 484 Å². The zero-order valence-electron chi connectivity index (χ0n) is 46.1. The van der Waals surface area contributed by atoms with Crippen LogP contribution in [0.4, 0.5) is 34.1 Å². The lowest BCUT2D eigenvalue weighted by molar-refractivity contribution is 0.667. The minimum atomic E-state index is 0.817. The van der Waals surface area contributed by atoms with Gasteiger partial charge in [0.25, 0.3) is 0 Å². The van der Waals surface area contributed by atoms with Gasteiger partial charge in [-0.25, -0.2) is 0 Å². The van der Waals surface area contributed by atoms with E-state index in [9.17, 15) is 0 Å². The van der Waals surface area contributed by atoms with E-state index in [1.165, 1.54) is 70.2 Å². The van der Waals surface area contributed by atoms with Gasteiger partial charge >= 0.3 is 0 Å². The molecule has 12 aromatic carbocycles. The largest absolute Gasteiger partial charge is 0.456 e. The lowest BCUT2D eigenvalue weighted by Crippen LogP contribution is -2.14. The fourth-order valence-electron chi connectivity index (χ4n) is 14.5. The molecule has 0 spiro atoms. The Morgan fingerprint density at radius 2 is 0.667 bits per heavy atom. The van der Waals surface area contributed by atoms with Crippen molar-refractivity contribution >= 4 is 133 Å². The number of hydrogen-bond donors (Lipinski definition) is 0. The van der Waals surface area contributed by atoms with E-state index in [0.29, 0.717) is 0 Å². The quantitative estimate of drug-likeness (QED) is 0.151. The highest BCUT2D eigenvalue weighted by Gasteiger charge is 2.29. The number of hydrogen-bond acceptors (Lipinski definition) is 6. The maximum atomic E-state index is 7.01. The van der Waals surface area contributed by atoms with E-state index >= 15 is 0 Å². The highest BCUT2D eigenvalue weighted by molar-refractivity contribution is 6.17. The number of nitrogens with zero attached hydrogens (tertiary/aromatic N) is 2. The third-order valence-corrected chi connectivity index (χ3v) is 18.4. The molecular formula is C78H54N2O4. The van der Waals surface area contributed by atoms with Crippen molar-refractivity contribution < 1.29 is 17.7 Å². The molecule has 0 unspecified atom stereocenters. The van der Waals surface area contributed by atoms with Gasteiger partial charge in [-0.15, -0.1) is 0 Å². The number of aryl methyl sites for hydroxylation is 2. The van der Waals surface area contributed by atoms with Gasteiger partial charge in [-0.3, -0.25) is 0 Å². The number of para-hydroxylation sites is 4. The summed E-state index contributed by atoms with van der Waals surface area (Å²) in [6.07, 6.45) is 9.01. The summed E-state index contributed by atoms with van der Waals surface area (Å²) in [5, 5.41) is 10.8. The Bertz CT molecular complexity index is 5020. The van der Waals surface area contributed by atoms with Crippen LogP contribution in [0.5, 0.6) is 0 Å². The summed E-state index contributed by atoms with van der Waals surface area (Å²) >= 11 is 0. The summed E-state index contributed by atoms with van der Waals surface area (Å²) in [5.74, 6) is 0. The van der Waals surface area contributed by atoms with Crippen molar-refractivity contribution in [3.8, 4) is 22.3 Å². The molecule has 16 aromatic rings. The van der Waals surface area contributed by atoms with Crippen LogP contribution in [0.3, 0.4) is 0 Å². The highest BCUT2D eigenvalue weighted by atomic mass is 16.3. The topological polar surface area (TPSA) is 59.0 Å². The fraction of sp³-hybridized carbons (Fsp3) is 0.103. The summed E-state index contributed by atoms with van der Waals surface area (Å²) < 4.78 is 27.7. The number of rotatable bonds is 8. The first kappa shape index (κ1) is 47.4. The molecule has 0 atom stereocenters. The second-order valence-electron chi connectivity index (χ2n) is 23.1. The first-order chi connectivity index (χ1) is 41.6. The first-order valence-corrected chi connectivity index (χ1v) is 29.7. The Balaban J connectivity index is 0.788. The maximum absolute atomic E-state index is 7.01. The maximum Gasteiger partial charge on any atom is 0.159 e. The van der Waals surface area contributed by atoms with Crippen molar-refractivity contribution in [3.05, 3.63) is 253 Å². The van der Waals surface area contributed by atoms with Crippen LogP contribution in [0, 0.1) is 0 Å². The number of anilines is 6.